The molecule has 1 heterocycles. The van der Waals surface area contributed by atoms with Crippen LogP contribution < -0.4 is 10.5 Å². The molecule has 2 atom stereocenters. The maximum atomic E-state index is 12.5. The van der Waals surface area contributed by atoms with Crippen LogP contribution in [-0.2, 0) is 11.2 Å². The minimum atomic E-state index is 0.164. The van der Waals surface area contributed by atoms with Crippen LogP contribution in [0.15, 0.2) is 18.2 Å². The van der Waals surface area contributed by atoms with E-state index in [0.29, 0.717) is 18.9 Å². The Labute approximate surface area is 120 Å². The van der Waals surface area contributed by atoms with Gasteiger partial charge in [0.05, 0.1) is 13.5 Å². The summed E-state index contributed by atoms with van der Waals surface area (Å²) in [7, 11) is 1.64. The van der Waals surface area contributed by atoms with E-state index in [1.54, 1.807) is 7.11 Å². The van der Waals surface area contributed by atoms with Crippen LogP contribution in [-0.4, -0.2) is 37.0 Å². The van der Waals surface area contributed by atoms with Crippen molar-refractivity contribution >= 4 is 5.91 Å². The van der Waals surface area contributed by atoms with Crippen LogP contribution in [0.2, 0.25) is 0 Å². The largest absolute Gasteiger partial charge is 0.496 e. The number of ether oxygens (including phenoxy) is 1. The standard InChI is InChI=1S/C16H24N2O2/c1-11-4-5-15(20-3)14(6-11)8-16(19)18-10-13(9-17)7-12(18)2/h4-6,12-13H,7-10,17H2,1-3H3. The number of nitrogens with zero attached hydrogens (tertiary/aromatic N) is 1. The molecule has 0 aromatic heterocycles. The zero-order valence-corrected chi connectivity index (χ0v) is 12.6. The number of benzene rings is 1. The molecule has 4 nitrogen and oxygen atoms in total. The Hall–Kier alpha value is -1.55. The van der Waals surface area contributed by atoms with E-state index < -0.39 is 0 Å². The second kappa shape index (κ2) is 6.27. The summed E-state index contributed by atoms with van der Waals surface area (Å²) in [6.45, 7) is 5.56. The minimum absolute atomic E-state index is 0.164. The van der Waals surface area contributed by atoms with Gasteiger partial charge in [-0.05, 0) is 38.8 Å². The Bertz CT molecular complexity index is 487. The van der Waals surface area contributed by atoms with E-state index in [1.165, 1.54) is 0 Å². The maximum absolute atomic E-state index is 12.5. The fourth-order valence-corrected chi connectivity index (χ4v) is 2.97. The summed E-state index contributed by atoms with van der Waals surface area (Å²) in [6, 6.07) is 6.23. The molecule has 1 saturated heterocycles. The van der Waals surface area contributed by atoms with Gasteiger partial charge in [-0.1, -0.05) is 17.7 Å². The van der Waals surface area contributed by atoms with Gasteiger partial charge in [-0.15, -0.1) is 0 Å². The molecule has 110 valence electrons. The summed E-state index contributed by atoms with van der Waals surface area (Å²) < 4.78 is 5.34. The number of carbonyl (C=O) groups excluding carboxylic acids is 1. The van der Waals surface area contributed by atoms with Crippen LogP contribution in [0.3, 0.4) is 0 Å². The van der Waals surface area contributed by atoms with Crippen LogP contribution in [0.4, 0.5) is 0 Å². The first-order chi connectivity index (χ1) is 9.55. The average Bonchev–Trinajstić information content (AvgIpc) is 2.80. The van der Waals surface area contributed by atoms with E-state index in [2.05, 4.69) is 6.92 Å². The Morgan fingerprint density at radius 3 is 2.85 bits per heavy atom. The van der Waals surface area contributed by atoms with Gasteiger partial charge < -0.3 is 15.4 Å². The number of hydrogen-bond donors (Lipinski definition) is 1. The molecule has 2 unspecified atom stereocenters. The molecule has 2 rings (SSSR count). The molecular weight excluding hydrogens is 252 g/mol. The van der Waals surface area contributed by atoms with Gasteiger partial charge in [0.1, 0.15) is 5.75 Å². The molecular formula is C16H24N2O2. The highest BCUT2D eigenvalue weighted by atomic mass is 16.5. The SMILES string of the molecule is COc1ccc(C)cc1CC(=O)N1CC(CN)CC1C. The van der Waals surface area contributed by atoms with Gasteiger partial charge in [0.15, 0.2) is 0 Å². The van der Waals surface area contributed by atoms with Crippen molar-refractivity contribution in [3.05, 3.63) is 29.3 Å². The van der Waals surface area contributed by atoms with Crippen LogP contribution >= 0.6 is 0 Å². The molecule has 2 N–H and O–H groups in total. The number of amides is 1. The van der Waals surface area contributed by atoms with Crippen molar-refractivity contribution in [1.29, 1.82) is 0 Å². The third-order valence-corrected chi connectivity index (χ3v) is 4.09. The van der Waals surface area contributed by atoms with Crippen LogP contribution in [0.25, 0.3) is 0 Å². The second-order valence-corrected chi connectivity index (χ2v) is 5.72. The molecule has 1 fully saturated rings. The van der Waals surface area contributed by atoms with Crippen molar-refractivity contribution in [2.45, 2.75) is 32.7 Å². The van der Waals surface area contributed by atoms with E-state index in [9.17, 15) is 4.79 Å². The van der Waals surface area contributed by atoms with Crippen molar-refractivity contribution < 1.29 is 9.53 Å². The topological polar surface area (TPSA) is 55.6 Å². The molecule has 1 aliphatic heterocycles. The van der Waals surface area contributed by atoms with Gasteiger partial charge in [0.25, 0.3) is 0 Å². The summed E-state index contributed by atoms with van der Waals surface area (Å²) in [5.41, 5.74) is 7.82. The number of likely N-dealkylation sites (tertiary alicyclic amines) is 1. The fraction of sp³-hybridized carbons (Fsp3) is 0.562. The lowest BCUT2D eigenvalue weighted by atomic mass is 10.1. The Balaban J connectivity index is 2.10. The molecule has 4 heteroatoms. The lowest BCUT2D eigenvalue weighted by Gasteiger charge is -2.22. The van der Waals surface area contributed by atoms with Gasteiger partial charge in [-0.25, -0.2) is 0 Å². The number of nitrogens with two attached hydrogens (primary N) is 1. The van der Waals surface area contributed by atoms with Gasteiger partial charge in [-0.3, -0.25) is 4.79 Å². The summed E-state index contributed by atoms with van der Waals surface area (Å²) in [5, 5.41) is 0. The highest BCUT2D eigenvalue weighted by Crippen LogP contribution is 2.25. The molecule has 1 aliphatic rings. The predicted octanol–water partition coefficient (Wildman–Crippen LogP) is 1.74. The van der Waals surface area contributed by atoms with Gasteiger partial charge in [0.2, 0.25) is 5.91 Å². The Morgan fingerprint density at radius 1 is 1.50 bits per heavy atom. The van der Waals surface area contributed by atoms with Crippen molar-refractivity contribution in [3.8, 4) is 5.75 Å². The highest BCUT2D eigenvalue weighted by molar-refractivity contribution is 5.80. The molecule has 1 amide bonds. The Morgan fingerprint density at radius 2 is 2.25 bits per heavy atom. The first-order valence-corrected chi connectivity index (χ1v) is 7.18. The van der Waals surface area contributed by atoms with Crippen molar-refractivity contribution in [2.75, 3.05) is 20.2 Å². The number of carbonyl (C=O) groups is 1. The first-order valence-electron chi connectivity index (χ1n) is 7.18. The molecule has 20 heavy (non-hydrogen) atoms. The summed E-state index contributed by atoms with van der Waals surface area (Å²) in [5.74, 6) is 1.39. The van der Waals surface area contributed by atoms with E-state index in [1.807, 2.05) is 30.0 Å². The summed E-state index contributed by atoms with van der Waals surface area (Å²) in [6.07, 6.45) is 1.40. The van der Waals surface area contributed by atoms with Gasteiger partial charge in [-0.2, -0.15) is 0 Å². The number of aryl methyl sites for hydroxylation is 1. The van der Waals surface area contributed by atoms with Crippen molar-refractivity contribution in [1.82, 2.24) is 4.90 Å². The van der Waals surface area contributed by atoms with Crippen LogP contribution in [0.5, 0.6) is 5.75 Å². The average molecular weight is 276 g/mol. The number of hydrogen-bond acceptors (Lipinski definition) is 3. The molecule has 0 radical (unpaired) electrons. The number of methoxy groups -OCH3 is 1. The van der Waals surface area contributed by atoms with E-state index >= 15 is 0 Å². The molecule has 1 aromatic rings. The second-order valence-electron chi connectivity index (χ2n) is 5.72. The van der Waals surface area contributed by atoms with Gasteiger partial charge >= 0.3 is 0 Å². The lowest BCUT2D eigenvalue weighted by molar-refractivity contribution is -0.131. The smallest absolute Gasteiger partial charge is 0.227 e. The molecule has 0 spiro atoms. The van der Waals surface area contributed by atoms with Crippen molar-refractivity contribution in [3.63, 3.8) is 0 Å². The third-order valence-electron chi connectivity index (χ3n) is 4.09. The summed E-state index contributed by atoms with van der Waals surface area (Å²) in [4.78, 5) is 14.5. The zero-order chi connectivity index (χ0) is 14.7. The summed E-state index contributed by atoms with van der Waals surface area (Å²) >= 11 is 0. The van der Waals surface area contributed by atoms with Crippen LogP contribution in [0, 0.1) is 12.8 Å². The number of rotatable bonds is 4. The highest BCUT2D eigenvalue weighted by Gasteiger charge is 2.31. The molecule has 0 aliphatic carbocycles. The third kappa shape index (κ3) is 3.12. The molecule has 0 saturated carbocycles. The van der Waals surface area contributed by atoms with E-state index in [4.69, 9.17) is 10.5 Å². The predicted molar refractivity (Wildman–Crippen MR) is 79.8 cm³/mol. The molecule has 1 aromatic carbocycles. The van der Waals surface area contributed by atoms with E-state index in [0.717, 1.165) is 29.8 Å². The van der Waals surface area contributed by atoms with Crippen LogP contribution in [0.1, 0.15) is 24.5 Å². The fourth-order valence-electron chi connectivity index (χ4n) is 2.97. The monoisotopic (exact) mass is 276 g/mol. The lowest BCUT2D eigenvalue weighted by Crippen LogP contribution is -2.35. The maximum Gasteiger partial charge on any atom is 0.227 e. The first kappa shape index (κ1) is 14.9. The quantitative estimate of drug-likeness (QED) is 0.911. The zero-order valence-electron chi connectivity index (χ0n) is 12.6. The van der Waals surface area contributed by atoms with E-state index in [-0.39, 0.29) is 11.9 Å². The van der Waals surface area contributed by atoms with Gasteiger partial charge in [0, 0.05) is 18.2 Å². The minimum Gasteiger partial charge on any atom is -0.496 e. The van der Waals surface area contributed by atoms with Crippen molar-refractivity contribution in [2.24, 2.45) is 11.7 Å². The normalized spacial score (nSPS) is 22.1. The molecule has 0 bridgehead atoms. The Kier molecular flexibility index (Phi) is 4.65.